The molecular weight excluding hydrogens is 232 g/mol. The van der Waals surface area contributed by atoms with E-state index in [1.54, 1.807) is 25.7 Å². The summed E-state index contributed by atoms with van der Waals surface area (Å²) in [5.41, 5.74) is 16.1. The second kappa shape index (κ2) is 7.45. The van der Waals surface area contributed by atoms with Gasteiger partial charge in [0.25, 0.3) is 0 Å². The van der Waals surface area contributed by atoms with Crippen LogP contribution in [0.4, 0.5) is 0 Å². The fraction of sp³-hybridized carbons (Fsp3) is 0.833. The van der Waals surface area contributed by atoms with Gasteiger partial charge < -0.3 is 22.1 Å². The van der Waals surface area contributed by atoms with Crippen molar-refractivity contribution in [3.63, 3.8) is 0 Å². The molecule has 0 aliphatic carbocycles. The summed E-state index contributed by atoms with van der Waals surface area (Å²) < 4.78 is 0. The van der Waals surface area contributed by atoms with Gasteiger partial charge in [-0.05, 0) is 0 Å². The zero-order valence-electron chi connectivity index (χ0n) is 11.6. The highest BCUT2D eigenvalue weighted by Gasteiger charge is 2.29. The molecule has 0 bridgehead atoms. The number of nitrogens with two attached hydrogens (primary N) is 3. The molecule has 0 spiro atoms. The van der Waals surface area contributed by atoms with Crippen LogP contribution < -0.4 is 17.2 Å². The molecule has 0 saturated carbocycles. The molecule has 0 aromatic carbocycles. The Balaban J connectivity index is 4.48. The van der Waals surface area contributed by atoms with E-state index in [4.69, 9.17) is 17.2 Å². The molecule has 6 nitrogen and oxygen atoms in total. The third kappa shape index (κ3) is 5.57. The van der Waals surface area contributed by atoms with Crippen molar-refractivity contribution in [2.45, 2.75) is 33.2 Å². The summed E-state index contributed by atoms with van der Waals surface area (Å²) in [5, 5.41) is 0. The minimum absolute atomic E-state index is 0.0100. The van der Waals surface area contributed by atoms with Gasteiger partial charge in [0.15, 0.2) is 5.78 Å². The maximum Gasteiger partial charge on any atom is 0.224 e. The second-order valence-electron chi connectivity index (χ2n) is 5.38. The molecule has 106 valence electrons. The van der Waals surface area contributed by atoms with Crippen molar-refractivity contribution in [1.29, 1.82) is 0 Å². The van der Waals surface area contributed by atoms with E-state index >= 15 is 0 Å². The van der Waals surface area contributed by atoms with Crippen LogP contribution in [0.25, 0.3) is 0 Å². The Hall–Kier alpha value is -0.980. The minimum atomic E-state index is -0.768. The van der Waals surface area contributed by atoms with Gasteiger partial charge in [0, 0.05) is 38.0 Å². The maximum atomic E-state index is 11.9. The number of ketones is 1. The van der Waals surface area contributed by atoms with Gasteiger partial charge in [-0.2, -0.15) is 0 Å². The van der Waals surface area contributed by atoms with Gasteiger partial charge in [0.05, 0.1) is 6.04 Å². The van der Waals surface area contributed by atoms with E-state index in [-0.39, 0.29) is 18.1 Å². The summed E-state index contributed by atoms with van der Waals surface area (Å²) in [4.78, 5) is 25.4. The van der Waals surface area contributed by atoms with E-state index in [9.17, 15) is 9.59 Å². The number of carbonyl (C=O) groups is 2. The standard InChI is InChI=1S/C12H26N4O2/c1-12(2,3)11(18)9(15)8-10(17)16(6-4-13)7-5-14/h9H,4-8,13-15H2,1-3H3. The lowest BCUT2D eigenvalue weighted by Gasteiger charge is -2.25. The molecule has 0 rings (SSSR count). The molecule has 0 aliphatic heterocycles. The van der Waals surface area contributed by atoms with Crippen LogP contribution in [0.15, 0.2) is 0 Å². The smallest absolute Gasteiger partial charge is 0.224 e. The lowest BCUT2D eigenvalue weighted by atomic mass is 9.85. The summed E-state index contributed by atoms with van der Waals surface area (Å²) >= 11 is 0. The number of Topliss-reactive ketones (excluding diaryl/α,β-unsaturated/α-hetero) is 1. The zero-order chi connectivity index (χ0) is 14.3. The van der Waals surface area contributed by atoms with E-state index in [2.05, 4.69) is 0 Å². The van der Waals surface area contributed by atoms with E-state index in [1.807, 2.05) is 0 Å². The first kappa shape index (κ1) is 17.0. The number of hydrogen-bond acceptors (Lipinski definition) is 5. The van der Waals surface area contributed by atoms with Gasteiger partial charge in [0.2, 0.25) is 5.91 Å². The summed E-state index contributed by atoms with van der Waals surface area (Å²) in [6.45, 7) is 6.98. The predicted molar refractivity (Wildman–Crippen MR) is 71.7 cm³/mol. The van der Waals surface area contributed by atoms with Gasteiger partial charge in [0.1, 0.15) is 0 Å². The quantitative estimate of drug-likeness (QED) is 0.545. The molecule has 0 fully saturated rings. The predicted octanol–water partition coefficient (Wildman–Crippen LogP) is -0.935. The van der Waals surface area contributed by atoms with Crippen molar-refractivity contribution < 1.29 is 9.59 Å². The SMILES string of the molecule is CC(C)(C)C(=O)C(N)CC(=O)N(CCN)CCN. The molecule has 1 amide bonds. The summed E-state index contributed by atoms with van der Waals surface area (Å²) in [5.74, 6) is -0.285. The van der Waals surface area contributed by atoms with Crippen molar-refractivity contribution in [2.75, 3.05) is 26.2 Å². The number of nitrogens with zero attached hydrogens (tertiary/aromatic N) is 1. The Morgan fingerprint density at radius 3 is 1.89 bits per heavy atom. The Morgan fingerprint density at radius 2 is 1.56 bits per heavy atom. The number of hydrogen-bond donors (Lipinski definition) is 3. The van der Waals surface area contributed by atoms with E-state index in [0.29, 0.717) is 26.2 Å². The Morgan fingerprint density at radius 1 is 1.11 bits per heavy atom. The topological polar surface area (TPSA) is 115 Å². The van der Waals surface area contributed by atoms with Crippen LogP contribution in [-0.2, 0) is 9.59 Å². The van der Waals surface area contributed by atoms with Crippen molar-refractivity contribution >= 4 is 11.7 Å². The first-order valence-electron chi connectivity index (χ1n) is 6.21. The van der Waals surface area contributed by atoms with E-state index < -0.39 is 11.5 Å². The summed E-state index contributed by atoms with van der Waals surface area (Å²) in [6.07, 6.45) is 0.0100. The van der Waals surface area contributed by atoms with Crippen LogP contribution in [-0.4, -0.2) is 48.8 Å². The highest BCUT2D eigenvalue weighted by atomic mass is 16.2. The second-order valence-corrected chi connectivity index (χ2v) is 5.38. The molecule has 6 heteroatoms. The van der Waals surface area contributed by atoms with Crippen LogP contribution in [0, 0.1) is 5.41 Å². The van der Waals surface area contributed by atoms with Gasteiger partial charge in [-0.15, -0.1) is 0 Å². The number of amides is 1. The first-order chi connectivity index (χ1) is 8.23. The Labute approximate surface area is 109 Å². The lowest BCUT2D eigenvalue weighted by Crippen LogP contribution is -2.45. The monoisotopic (exact) mass is 258 g/mol. The van der Waals surface area contributed by atoms with Crippen molar-refractivity contribution in [1.82, 2.24) is 4.90 Å². The Kier molecular flexibility index (Phi) is 7.05. The van der Waals surface area contributed by atoms with Crippen molar-refractivity contribution in [3.8, 4) is 0 Å². The van der Waals surface area contributed by atoms with E-state index in [0.717, 1.165) is 0 Å². The van der Waals surface area contributed by atoms with Crippen LogP contribution >= 0.6 is 0 Å². The van der Waals surface area contributed by atoms with Crippen molar-refractivity contribution in [3.05, 3.63) is 0 Å². The molecule has 6 N–H and O–H groups in total. The van der Waals surface area contributed by atoms with Crippen LogP contribution in [0.2, 0.25) is 0 Å². The van der Waals surface area contributed by atoms with E-state index in [1.165, 1.54) is 0 Å². The van der Waals surface area contributed by atoms with Gasteiger partial charge in [-0.3, -0.25) is 9.59 Å². The fourth-order valence-electron chi connectivity index (χ4n) is 1.64. The molecule has 0 aliphatic rings. The van der Waals surface area contributed by atoms with Crippen LogP contribution in [0.1, 0.15) is 27.2 Å². The average molecular weight is 258 g/mol. The maximum absolute atomic E-state index is 11.9. The molecule has 0 aromatic heterocycles. The molecule has 1 atom stereocenters. The average Bonchev–Trinajstić information content (AvgIpc) is 2.26. The van der Waals surface area contributed by atoms with Crippen molar-refractivity contribution in [2.24, 2.45) is 22.6 Å². The molecular formula is C12H26N4O2. The molecule has 1 unspecified atom stereocenters. The third-order valence-corrected chi connectivity index (χ3v) is 2.62. The highest BCUT2D eigenvalue weighted by Crippen LogP contribution is 2.17. The van der Waals surface area contributed by atoms with Crippen LogP contribution in [0.3, 0.4) is 0 Å². The summed E-state index contributed by atoms with van der Waals surface area (Å²) in [6, 6.07) is -0.768. The largest absolute Gasteiger partial charge is 0.340 e. The third-order valence-electron chi connectivity index (χ3n) is 2.62. The zero-order valence-corrected chi connectivity index (χ0v) is 11.6. The number of carbonyl (C=O) groups excluding carboxylic acids is 2. The normalized spacial score (nSPS) is 13.2. The van der Waals surface area contributed by atoms with Crippen LogP contribution in [0.5, 0.6) is 0 Å². The first-order valence-corrected chi connectivity index (χ1v) is 6.21. The Bertz CT molecular complexity index is 280. The molecule has 0 saturated heterocycles. The van der Waals surface area contributed by atoms with Gasteiger partial charge in [-0.25, -0.2) is 0 Å². The molecule has 18 heavy (non-hydrogen) atoms. The number of rotatable bonds is 7. The minimum Gasteiger partial charge on any atom is -0.340 e. The fourth-order valence-corrected chi connectivity index (χ4v) is 1.64. The molecule has 0 radical (unpaired) electrons. The van der Waals surface area contributed by atoms with Gasteiger partial charge in [-0.1, -0.05) is 20.8 Å². The van der Waals surface area contributed by atoms with Gasteiger partial charge >= 0.3 is 0 Å². The molecule has 0 aromatic rings. The summed E-state index contributed by atoms with van der Waals surface area (Å²) in [7, 11) is 0. The molecule has 0 heterocycles. The lowest BCUT2D eigenvalue weighted by molar-refractivity contribution is -0.135. The highest BCUT2D eigenvalue weighted by molar-refractivity contribution is 5.92.